The van der Waals surface area contributed by atoms with Crippen molar-refractivity contribution in [3.8, 4) is 0 Å². The summed E-state index contributed by atoms with van der Waals surface area (Å²) in [5.74, 6) is 1.80. The van der Waals surface area contributed by atoms with Crippen LogP contribution in [0, 0.1) is 5.92 Å². The van der Waals surface area contributed by atoms with E-state index in [0.717, 1.165) is 25.9 Å². The van der Waals surface area contributed by atoms with Crippen LogP contribution in [0.15, 0.2) is 4.52 Å². The molecule has 0 aromatic carbocycles. The largest absolute Gasteiger partial charge is 0.338 e. The van der Waals surface area contributed by atoms with Gasteiger partial charge in [-0.3, -0.25) is 4.90 Å². The lowest BCUT2D eigenvalue weighted by Crippen LogP contribution is -2.43. The highest BCUT2D eigenvalue weighted by atomic mass is 32.2. The standard InChI is InChI=1S/C13H25N5O3S/c1-9(2)12-16-13(21-17-12)10(3)18-6-4-5-11(8-18)7-15-22(14,19)20/h9-11,15H,4-8H2,1-3H3,(H2,14,19,20). The summed E-state index contributed by atoms with van der Waals surface area (Å²) in [5.41, 5.74) is 0. The summed E-state index contributed by atoms with van der Waals surface area (Å²) in [7, 11) is -3.63. The molecule has 0 amide bonds. The molecule has 2 rings (SSSR count). The monoisotopic (exact) mass is 331 g/mol. The molecule has 8 nitrogen and oxygen atoms in total. The summed E-state index contributed by atoms with van der Waals surface area (Å²) in [4.78, 5) is 6.69. The number of aromatic nitrogens is 2. The minimum absolute atomic E-state index is 0.0253. The summed E-state index contributed by atoms with van der Waals surface area (Å²) < 4.78 is 29.7. The van der Waals surface area contributed by atoms with Crippen LogP contribution in [-0.4, -0.2) is 43.1 Å². The highest BCUT2D eigenvalue weighted by Crippen LogP contribution is 2.26. The van der Waals surface area contributed by atoms with E-state index in [4.69, 9.17) is 9.66 Å². The predicted molar refractivity (Wildman–Crippen MR) is 82.2 cm³/mol. The second kappa shape index (κ2) is 7.03. The summed E-state index contributed by atoms with van der Waals surface area (Å²) in [6.07, 6.45) is 1.99. The second-order valence-electron chi connectivity index (χ2n) is 6.22. The Morgan fingerprint density at radius 3 is 2.77 bits per heavy atom. The second-order valence-corrected chi connectivity index (χ2v) is 7.60. The van der Waals surface area contributed by atoms with E-state index in [2.05, 4.69) is 19.8 Å². The maximum atomic E-state index is 11.0. The first-order valence-corrected chi connectivity index (χ1v) is 9.16. The third-order valence-electron chi connectivity index (χ3n) is 4.00. The first-order valence-electron chi connectivity index (χ1n) is 7.61. The molecule has 3 N–H and O–H groups in total. The number of hydrogen-bond acceptors (Lipinski definition) is 6. The van der Waals surface area contributed by atoms with Gasteiger partial charge in [0.15, 0.2) is 5.82 Å². The van der Waals surface area contributed by atoms with Crippen molar-refractivity contribution in [3.63, 3.8) is 0 Å². The highest BCUT2D eigenvalue weighted by molar-refractivity contribution is 7.87. The number of nitrogens with two attached hydrogens (primary N) is 1. The Morgan fingerprint density at radius 2 is 2.18 bits per heavy atom. The Hall–Kier alpha value is -1.03. The van der Waals surface area contributed by atoms with Gasteiger partial charge in [0.05, 0.1) is 6.04 Å². The van der Waals surface area contributed by atoms with Crippen molar-refractivity contribution in [3.05, 3.63) is 11.7 Å². The number of hydrogen-bond donors (Lipinski definition) is 2. The van der Waals surface area contributed by atoms with Gasteiger partial charge in [-0.15, -0.1) is 0 Å². The summed E-state index contributed by atoms with van der Waals surface area (Å²) in [5, 5.41) is 8.98. The fourth-order valence-electron chi connectivity index (χ4n) is 2.66. The molecule has 2 heterocycles. The lowest BCUT2D eigenvalue weighted by atomic mass is 9.97. The zero-order valence-corrected chi connectivity index (χ0v) is 14.1. The van der Waals surface area contributed by atoms with Gasteiger partial charge in [0.1, 0.15) is 0 Å². The first kappa shape index (κ1) is 17.3. The van der Waals surface area contributed by atoms with Gasteiger partial charge in [0.2, 0.25) is 5.89 Å². The molecular weight excluding hydrogens is 306 g/mol. The quantitative estimate of drug-likeness (QED) is 0.795. The van der Waals surface area contributed by atoms with Crippen LogP contribution in [0.25, 0.3) is 0 Å². The van der Waals surface area contributed by atoms with Crippen LogP contribution in [0.5, 0.6) is 0 Å². The van der Waals surface area contributed by atoms with Crippen LogP contribution < -0.4 is 9.86 Å². The van der Waals surface area contributed by atoms with E-state index in [0.29, 0.717) is 18.3 Å². The predicted octanol–water partition coefficient (Wildman–Crippen LogP) is 0.759. The van der Waals surface area contributed by atoms with Crippen molar-refractivity contribution < 1.29 is 12.9 Å². The molecule has 0 saturated carbocycles. The van der Waals surface area contributed by atoms with Crippen LogP contribution in [0.2, 0.25) is 0 Å². The molecule has 2 atom stereocenters. The molecule has 0 bridgehead atoms. The summed E-state index contributed by atoms with van der Waals surface area (Å²) in [6, 6.07) is 0.0253. The van der Waals surface area contributed by atoms with E-state index < -0.39 is 10.2 Å². The Kier molecular flexibility index (Phi) is 5.54. The van der Waals surface area contributed by atoms with Crippen molar-refractivity contribution in [1.29, 1.82) is 0 Å². The van der Waals surface area contributed by atoms with Gasteiger partial charge in [-0.05, 0) is 32.2 Å². The molecule has 1 aromatic heterocycles. The lowest BCUT2D eigenvalue weighted by molar-refractivity contribution is 0.112. The molecule has 9 heteroatoms. The molecule has 0 spiro atoms. The number of nitrogens with zero attached hydrogens (tertiary/aromatic N) is 3. The van der Waals surface area contributed by atoms with Gasteiger partial charge >= 0.3 is 0 Å². The van der Waals surface area contributed by atoms with Gasteiger partial charge in [-0.2, -0.15) is 13.4 Å². The van der Waals surface area contributed by atoms with E-state index >= 15 is 0 Å². The van der Waals surface area contributed by atoms with Gasteiger partial charge in [0, 0.05) is 19.0 Å². The zero-order chi connectivity index (χ0) is 16.3. The maximum absolute atomic E-state index is 11.0. The average molecular weight is 331 g/mol. The molecular formula is C13H25N5O3S. The fourth-order valence-corrected chi connectivity index (χ4v) is 3.13. The molecule has 1 fully saturated rings. The normalized spacial score (nSPS) is 22.1. The molecule has 1 saturated heterocycles. The Bertz CT molecular complexity index is 586. The molecule has 1 aromatic rings. The van der Waals surface area contributed by atoms with Crippen LogP contribution in [-0.2, 0) is 10.2 Å². The Morgan fingerprint density at radius 1 is 1.45 bits per heavy atom. The van der Waals surface area contributed by atoms with E-state index in [1.165, 1.54) is 0 Å². The summed E-state index contributed by atoms with van der Waals surface area (Å²) >= 11 is 0. The average Bonchev–Trinajstić information content (AvgIpc) is 2.94. The lowest BCUT2D eigenvalue weighted by Gasteiger charge is -2.35. The molecule has 2 unspecified atom stereocenters. The van der Waals surface area contributed by atoms with E-state index in [1.54, 1.807) is 0 Å². The summed E-state index contributed by atoms with van der Waals surface area (Å²) in [6.45, 7) is 8.16. The van der Waals surface area contributed by atoms with Crippen molar-refractivity contribution in [2.75, 3.05) is 19.6 Å². The zero-order valence-electron chi connectivity index (χ0n) is 13.3. The smallest absolute Gasteiger partial charge is 0.274 e. The fraction of sp³-hybridized carbons (Fsp3) is 0.846. The maximum Gasteiger partial charge on any atom is 0.274 e. The SMILES string of the molecule is CC(C)c1noc(C(C)N2CCCC(CNS(N)(=O)=O)C2)n1. The van der Waals surface area contributed by atoms with Crippen molar-refractivity contribution in [1.82, 2.24) is 19.8 Å². The van der Waals surface area contributed by atoms with Gasteiger partial charge in [0.25, 0.3) is 10.2 Å². The number of nitrogens with one attached hydrogen (secondary N) is 1. The van der Waals surface area contributed by atoms with E-state index in [1.807, 2.05) is 20.8 Å². The van der Waals surface area contributed by atoms with Crippen LogP contribution >= 0.6 is 0 Å². The topological polar surface area (TPSA) is 114 Å². The number of rotatable bonds is 6. The molecule has 1 aliphatic rings. The number of piperidine rings is 1. The molecule has 1 aliphatic heterocycles. The van der Waals surface area contributed by atoms with E-state index in [9.17, 15) is 8.42 Å². The van der Waals surface area contributed by atoms with Crippen molar-refractivity contribution >= 4 is 10.2 Å². The molecule has 0 radical (unpaired) electrons. The number of likely N-dealkylation sites (tertiary alicyclic amines) is 1. The van der Waals surface area contributed by atoms with Gasteiger partial charge < -0.3 is 4.52 Å². The minimum atomic E-state index is -3.63. The van der Waals surface area contributed by atoms with E-state index in [-0.39, 0.29) is 17.9 Å². The molecule has 126 valence electrons. The molecule has 0 aliphatic carbocycles. The Labute approximate surface area is 131 Å². The van der Waals surface area contributed by atoms with Crippen LogP contribution in [0.4, 0.5) is 0 Å². The van der Waals surface area contributed by atoms with Gasteiger partial charge in [-0.25, -0.2) is 9.86 Å². The first-order chi connectivity index (χ1) is 10.3. The van der Waals surface area contributed by atoms with Crippen molar-refractivity contribution in [2.45, 2.75) is 45.6 Å². The third-order valence-corrected chi connectivity index (χ3v) is 4.57. The van der Waals surface area contributed by atoms with Crippen LogP contribution in [0.1, 0.15) is 57.3 Å². The van der Waals surface area contributed by atoms with Gasteiger partial charge in [-0.1, -0.05) is 19.0 Å². The third kappa shape index (κ3) is 4.73. The Balaban J connectivity index is 1.95. The molecule has 22 heavy (non-hydrogen) atoms. The highest BCUT2D eigenvalue weighted by Gasteiger charge is 2.28. The van der Waals surface area contributed by atoms with Crippen molar-refractivity contribution in [2.24, 2.45) is 11.1 Å². The minimum Gasteiger partial charge on any atom is -0.338 e. The van der Waals surface area contributed by atoms with Crippen LogP contribution in [0.3, 0.4) is 0 Å².